The summed E-state index contributed by atoms with van der Waals surface area (Å²) in [6.45, 7) is 1.20. The van der Waals surface area contributed by atoms with Crippen molar-refractivity contribution in [3.63, 3.8) is 0 Å². The molecule has 0 spiro atoms. The van der Waals surface area contributed by atoms with Crippen LogP contribution in [0.25, 0.3) is 0 Å². The van der Waals surface area contributed by atoms with Crippen molar-refractivity contribution >= 4 is 21.9 Å². The molecule has 20 heavy (non-hydrogen) atoms. The standard InChI is InChI=1S/C15H20BrNO3/c16-13-3-1-2-11(8-13)9-17-10-15(20)6-4-12(5-7-15)14(18)19/h1-3,8,12,17,20H,4-7,9-10H2,(H,18,19). The summed E-state index contributed by atoms with van der Waals surface area (Å²) in [6, 6.07) is 8.03. The normalized spacial score (nSPS) is 26.4. The number of nitrogens with one attached hydrogen (secondary N) is 1. The molecule has 1 aromatic carbocycles. The van der Waals surface area contributed by atoms with E-state index >= 15 is 0 Å². The summed E-state index contributed by atoms with van der Waals surface area (Å²) in [5, 5.41) is 22.7. The van der Waals surface area contributed by atoms with Gasteiger partial charge in [-0.05, 0) is 43.4 Å². The van der Waals surface area contributed by atoms with Crippen LogP contribution < -0.4 is 5.32 Å². The van der Waals surface area contributed by atoms with E-state index in [0.717, 1.165) is 10.0 Å². The van der Waals surface area contributed by atoms with E-state index < -0.39 is 11.6 Å². The summed E-state index contributed by atoms with van der Waals surface area (Å²) in [4.78, 5) is 10.9. The molecule has 3 N–H and O–H groups in total. The minimum atomic E-state index is -0.766. The smallest absolute Gasteiger partial charge is 0.306 e. The molecule has 1 aliphatic carbocycles. The average Bonchev–Trinajstić information content (AvgIpc) is 2.39. The summed E-state index contributed by atoms with van der Waals surface area (Å²) in [7, 11) is 0. The highest BCUT2D eigenvalue weighted by molar-refractivity contribution is 9.10. The maximum absolute atomic E-state index is 10.9. The predicted molar refractivity (Wildman–Crippen MR) is 80.4 cm³/mol. The van der Waals surface area contributed by atoms with Crippen LogP contribution in [-0.2, 0) is 11.3 Å². The number of benzene rings is 1. The Morgan fingerprint density at radius 1 is 1.40 bits per heavy atom. The number of hydrogen-bond acceptors (Lipinski definition) is 3. The van der Waals surface area contributed by atoms with Gasteiger partial charge < -0.3 is 15.5 Å². The molecule has 1 saturated carbocycles. The summed E-state index contributed by atoms with van der Waals surface area (Å²) < 4.78 is 1.04. The lowest BCUT2D eigenvalue weighted by Crippen LogP contribution is -2.44. The molecular weight excluding hydrogens is 322 g/mol. The second kappa shape index (κ2) is 6.70. The molecule has 5 heteroatoms. The molecule has 0 aliphatic heterocycles. The van der Waals surface area contributed by atoms with E-state index in [2.05, 4.69) is 21.2 Å². The number of aliphatic carboxylic acids is 1. The van der Waals surface area contributed by atoms with E-state index in [1.54, 1.807) is 0 Å². The van der Waals surface area contributed by atoms with Crippen molar-refractivity contribution in [2.24, 2.45) is 5.92 Å². The van der Waals surface area contributed by atoms with Gasteiger partial charge in [0.2, 0.25) is 0 Å². The number of hydrogen-bond donors (Lipinski definition) is 3. The summed E-state index contributed by atoms with van der Waals surface area (Å²) in [5.74, 6) is -1.03. The maximum atomic E-state index is 10.9. The number of carboxylic acid groups (broad SMARTS) is 1. The molecule has 0 amide bonds. The largest absolute Gasteiger partial charge is 0.481 e. The molecule has 0 bridgehead atoms. The van der Waals surface area contributed by atoms with Crippen LogP contribution >= 0.6 is 15.9 Å². The highest BCUT2D eigenvalue weighted by Gasteiger charge is 2.35. The van der Waals surface area contributed by atoms with E-state index in [-0.39, 0.29) is 5.92 Å². The molecule has 0 atom stereocenters. The van der Waals surface area contributed by atoms with E-state index in [4.69, 9.17) is 5.11 Å². The second-order valence-corrected chi connectivity index (χ2v) is 6.49. The van der Waals surface area contributed by atoms with Gasteiger partial charge in [0.1, 0.15) is 0 Å². The van der Waals surface area contributed by atoms with Crippen LogP contribution in [0.15, 0.2) is 28.7 Å². The van der Waals surface area contributed by atoms with E-state index in [1.165, 1.54) is 0 Å². The van der Waals surface area contributed by atoms with Gasteiger partial charge in [0.15, 0.2) is 0 Å². The van der Waals surface area contributed by atoms with E-state index in [0.29, 0.717) is 38.8 Å². The molecule has 0 saturated heterocycles. The summed E-state index contributed by atoms with van der Waals surface area (Å²) in [6.07, 6.45) is 2.22. The van der Waals surface area contributed by atoms with Crippen molar-refractivity contribution in [2.75, 3.05) is 6.54 Å². The van der Waals surface area contributed by atoms with Crippen molar-refractivity contribution in [2.45, 2.75) is 37.8 Å². The molecular formula is C15H20BrNO3. The quantitative estimate of drug-likeness (QED) is 0.769. The van der Waals surface area contributed by atoms with Crippen LogP contribution in [0.4, 0.5) is 0 Å². The van der Waals surface area contributed by atoms with Crippen LogP contribution in [0.1, 0.15) is 31.2 Å². The highest BCUT2D eigenvalue weighted by atomic mass is 79.9. The molecule has 0 unspecified atom stereocenters. The van der Waals surface area contributed by atoms with Crippen molar-refractivity contribution < 1.29 is 15.0 Å². The fraction of sp³-hybridized carbons (Fsp3) is 0.533. The van der Waals surface area contributed by atoms with Gasteiger partial charge in [0.05, 0.1) is 11.5 Å². The van der Waals surface area contributed by atoms with Gasteiger partial charge in [-0.15, -0.1) is 0 Å². The molecule has 1 fully saturated rings. The van der Waals surface area contributed by atoms with Gasteiger partial charge in [0.25, 0.3) is 0 Å². The Bertz CT molecular complexity index is 470. The van der Waals surface area contributed by atoms with Crippen LogP contribution in [0, 0.1) is 5.92 Å². The lowest BCUT2D eigenvalue weighted by molar-refractivity contribution is -0.144. The van der Waals surface area contributed by atoms with Crippen molar-refractivity contribution in [3.8, 4) is 0 Å². The Morgan fingerprint density at radius 2 is 2.10 bits per heavy atom. The lowest BCUT2D eigenvalue weighted by atomic mass is 9.79. The van der Waals surface area contributed by atoms with Gasteiger partial charge in [0, 0.05) is 17.6 Å². The first-order valence-corrected chi connectivity index (χ1v) is 7.68. The molecule has 1 aromatic rings. The molecule has 4 nitrogen and oxygen atoms in total. The van der Waals surface area contributed by atoms with E-state index in [9.17, 15) is 9.90 Å². The van der Waals surface area contributed by atoms with Crippen molar-refractivity contribution in [1.82, 2.24) is 5.32 Å². The average molecular weight is 342 g/mol. The number of aliphatic hydroxyl groups is 1. The third-order valence-corrected chi connectivity index (χ3v) is 4.43. The number of carboxylic acids is 1. The van der Waals surface area contributed by atoms with Crippen LogP contribution in [-0.4, -0.2) is 28.3 Å². The minimum Gasteiger partial charge on any atom is -0.481 e. The zero-order valence-corrected chi connectivity index (χ0v) is 12.9. The maximum Gasteiger partial charge on any atom is 0.306 e. The number of carbonyl (C=O) groups is 1. The highest BCUT2D eigenvalue weighted by Crippen LogP contribution is 2.31. The van der Waals surface area contributed by atoms with Crippen molar-refractivity contribution in [3.05, 3.63) is 34.3 Å². The molecule has 0 radical (unpaired) electrons. The Kier molecular flexibility index (Phi) is 5.18. The van der Waals surface area contributed by atoms with E-state index in [1.807, 2.05) is 24.3 Å². The molecule has 110 valence electrons. The Morgan fingerprint density at radius 3 is 2.70 bits per heavy atom. The Balaban J connectivity index is 1.78. The van der Waals surface area contributed by atoms with Gasteiger partial charge in [-0.2, -0.15) is 0 Å². The first-order chi connectivity index (χ1) is 9.48. The zero-order chi connectivity index (χ0) is 14.6. The SMILES string of the molecule is O=C(O)C1CCC(O)(CNCc2cccc(Br)c2)CC1. The topological polar surface area (TPSA) is 69.6 Å². The molecule has 0 heterocycles. The predicted octanol–water partition coefficient (Wildman–Crippen LogP) is 2.54. The Hall–Kier alpha value is -0.910. The van der Waals surface area contributed by atoms with Gasteiger partial charge in [-0.3, -0.25) is 4.79 Å². The fourth-order valence-electron chi connectivity index (χ4n) is 2.67. The lowest BCUT2D eigenvalue weighted by Gasteiger charge is -2.34. The minimum absolute atomic E-state index is 0.291. The molecule has 1 aliphatic rings. The van der Waals surface area contributed by atoms with Crippen molar-refractivity contribution in [1.29, 1.82) is 0 Å². The first kappa shape index (κ1) is 15.5. The van der Waals surface area contributed by atoms with Crippen LogP contribution in [0.2, 0.25) is 0 Å². The van der Waals surface area contributed by atoms with Gasteiger partial charge in [-0.25, -0.2) is 0 Å². The number of halogens is 1. The third-order valence-electron chi connectivity index (χ3n) is 3.94. The molecule has 2 rings (SSSR count). The van der Waals surface area contributed by atoms with Gasteiger partial charge in [-0.1, -0.05) is 28.1 Å². The number of rotatable bonds is 5. The summed E-state index contributed by atoms with van der Waals surface area (Å²) in [5.41, 5.74) is 0.389. The summed E-state index contributed by atoms with van der Waals surface area (Å²) >= 11 is 3.43. The fourth-order valence-corrected chi connectivity index (χ4v) is 3.11. The monoisotopic (exact) mass is 341 g/mol. The first-order valence-electron chi connectivity index (χ1n) is 6.89. The van der Waals surface area contributed by atoms with Crippen LogP contribution in [0.3, 0.4) is 0 Å². The Labute approximate surface area is 127 Å². The molecule has 0 aromatic heterocycles. The third kappa shape index (κ3) is 4.30. The van der Waals surface area contributed by atoms with Crippen LogP contribution in [0.5, 0.6) is 0 Å². The zero-order valence-electron chi connectivity index (χ0n) is 11.3. The second-order valence-electron chi connectivity index (χ2n) is 5.57. The van der Waals surface area contributed by atoms with Gasteiger partial charge >= 0.3 is 5.97 Å².